The van der Waals surface area contributed by atoms with E-state index >= 15 is 0 Å². The lowest BCUT2D eigenvalue weighted by atomic mass is 9.69. The Morgan fingerprint density at radius 2 is 1.16 bits per heavy atom. The first-order valence-corrected chi connectivity index (χ1v) is 12.7. The molecule has 2 atom stereocenters. The summed E-state index contributed by atoms with van der Waals surface area (Å²) in [4.78, 5) is 42.0. The van der Waals surface area contributed by atoms with Crippen molar-refractivity contribution in [1.29, 1.82) is 0 Å². The van der Waals surface area contributed by atoms with Gasteiger partial charge in [-0.25, -0.2) is 0 Å². The number of rotatable bonds is 10. The molecule has 0 N–H and O–H groups in total. The van der Waals surface area contributed by atoms with E-state index in [0.717, 1.165) is 11.1 Å². The summed E-state index contributed by atoms with van der Waals surface area (Å²) in [6.45, 7) is 9.39. The van der Waals surface area contributed by atoms with Gasteiger partial charge in [0.15, 0.2) is 11.6 Å². The number of ether oxygens (including phenoxy) is 1. The summed E-state index contributed by atoms with van der Waals surface area (Å²) in [6.07, 6.45) is 2.32. The minimum absolute atomic E-state index is 0.311. The molecule has 0 saturated heterocycles. The van der Waals surface area contributed by atoms with E-state index in [4.69, 9.17) is 4.74 Å². The molecule has 4 nitrogen and oxygen atoms in total. The Morgan fingerprint density at radius 1 is 0.730 bits per heavy atom. The van der Waals surface area contributed by atoms with Crippen LogP contribution in [0.5, 0.6) is 0 Å². The molecular formula is C33H36O4. The van der Waals surface area contributed by atoms with E-state index in [9.17, 15) is 14.4 Å². The highest BCUT2D eigenvalue weighted by Gasteiger charge is 2.44. The molecule has 37 heavy (non-hydrogen) atoms. The van der Waals surface area contributed by atoms with Crippen molar-refractivity contribution in [2.45, 2.75) is 52.6 Å². The van der Waals surface area contributed by atoms with Gasteiger partial charge in [0, 0.05) is 17.0 Å². The molecule has 0 saturated carbocycles. The van der Waals surface area contributed by atoms with Crippen LogP contribution in [0.1, 0.15) is 73.2 Å². The number of carbonyl (C=O) groups is 3. The van der Waals surface area contributed by atoms with E-state index in [1.54, 1.807) is 48.5 Å². The Morgan fingerprint density at radius 3 is 1.57 bits per heavy atom. The summed E-state index contributed by atoms with van der Waals surface area (Å²) >= 11 is 0. The smallest absolute Gasteiger partial charge is 0.310 e. The quantitative estimate of drug-likeness (QED) is 0.126. The van der Waals surface area contributed by atoms with Gasteiger partial charge in [0.05, 0.1) is 11.8 Å². The van der Waals surface area contributed by atoms with Gasteiger partial charge in [-0.2, -0.15) is 0 Å². The zero-order valence-electron chi connectivity index (χ0n) is 22.3. The lowest BCUT2D eigenvalue weighted by Crippen LogP contribution is -2.39. The maximum atomic E-state index is 14.1. The van der Waals surface area contributed by atoms with Gasteiger partial charge in [-0.3, -0.25) is 14.4 Å². The molecule has 0 aliphatic rings. The van der Waals surface area contributed by atoms with Crippen molar-refractivity contribution < 1.29 is 19.1 Å². The largest absolute Gasteiger partial charge is 0.460 e. The van der Waals surface area contributed by atoms with Crippen LogP contribution in [0.4, 0.5) is 0 Å². The van der Waals surface area contributed by atoms with Crippen molar-refractivity contribution in [3.05, 3.63) is 119 Å². The van der Waals surface area contributed by atoms with Gasteiger partial charge in [-0.1, -0.05) is 103 Å². The lowest BCUT2D eigenvalue weighted by Gasteiger charge is -2.33. The number of benzene rings is 3. The summed E-state index contributed by atoms with van der Waals surface area (Å²) in [5.41, 5.74) is 1.94. The minimum atomic E-state index is -1.12. The lowest BCUT2D eigenvalue weighted by molar-refractivity contribution is -0.161. The minimum Gasteiger partial charge on any atom is -0.460 e. The summed E-state index contributed by atoms with van der Waals surface area (Å²) < 4.78 is 5.86. The van der Waals surface area contributed by atoms with E-state index in [-0.39, 0.29) is 11.6 Å². The third-order valence-electron chi connectivity index (χ3n) is 6.15. The predicted molar refractivity (Wildman–Crippen MR) is 148 cm³/mol. The highest BCUT2D eigenvalue weighted by Crippen LogP contribution is 2.40. The number of ketones is 2. The fourth-order valence-electron chi connectivity index (χ4n) is 4.47. The van der Waals surface area contributed by atoms with Crippen molar-refractivity contribution in [3.8, 4) is 0 Å². The second-order valence-corrected chi connectivity index (χ2v) is 10.5. The van der Waals surface area contributed by atoms with Gasteiger partial charge in [-0.15, -0.1) is 0 Å². The van der Waals surface area contributed by atoms with Crippen molar-refractivity contribution in [1.82, 2.24) is 0 Å². The van der Waals surface area contributed by atoms with Gasteiger partial charge in [0.1, 0.15) is 5.60 Å². The third-order valence-corrected chi connectivity index (χ3v) is 6.15. The summed E-state index contributed by atoms with van der Waals surface area (Å²) in [7, 11) is 0. The third kappa shape index (κ3) is 7.60. The predicted octanol–water partition coefficient (Wildman–Crippen LogP) is 7.47. The Labute approximate surface area is 220 Å². The van der Waals surface area contributed by atoms with Gasteiger partial charge in [0.2, 0.25) is 0 Å². The highest BCUT2D eigenvalue weighted by molar-refractivity contribution is 6.17. The Kier molecular flexibility index (Phi) is 9.35. The van der Waals surface area contributed by atoms with Gasteiger partial charge in [0.25, 0.3) is 0 Å². The zero-order valence-corrected chi connectivity index (χ0v) is 22.3. The van der Waals surface area contributed by atoms with Crippen LogP contribution < -0.4 is 0 Å². The topological polar surface area (TPSA) is 60.4 Å². The maximum Gasteiger partial charge on any atom is 0.310 e. The van der Waals surface area contributed by atoms with Gasteiger partial charge in [-0.05, 0) is 46.6 Å². The van der Waals surface area contributed by atoms with Gasteiger partial charge >= 0.3 is 5.97 Å². The molecule has 3 aromatic carbocycles. The van der Waals surface area contributed by atoms with Crippen molar-refractivity contribution in [3.63, 3.8) is 0 Å². The van der Waals surface area contributed by atoms with Crippen LogP contribution >= 0.6 is 0 Å². The van der Waals surface area contributed by atoms with Crippen LogP contribution in [-0.4, -0.2) is 23.1 Å². The van der Waals surface area contributed by atoms with Crippen LogP contribution in [0.3, 0.4) is 0 Å². The molecule has 4 heteroatoms. The first-order valence-electron chi connectivity index (χ1n) is 12.7. The molecule has 3 aromatic rings. The Balaban J connectivity index is 2.25. The van der Waals surface area contributed by atoms with Crippen LogP contribution in [0, 0.1) is 11.8 Å². The molecule has 0 aliphatic carbocycles. The zero-order chi connectivity index (χ0) is 27.0. The number of esters is 1. The van der Waals surface area contributed by atoms with Crippen molar-refractivity contribution in [2.24, 2.45) is 11.8 Å². The van der Waals surface area contributed by atoms with Crippen LogP contribution in [0.25, 0.3) is 0 Å². The van der Waals surface area contributed by atoms with E-state index < -0.39 is 29.3 Å². The van der Waals surface area contributed by atoms with E-state index in [1.165, 1.54) is 0 Å². The van der Waals surface area contributed by atoms with Crippen LogP contribution in [0.15, 0.2) is 103 Å². The molecule has 192 valence electrons. The molecule has 0 amide bonds. The van der Waals surface area contributed by atoms with Crippen LogP contribution in [-0.2, 0) is 9.53 Å². The fraction of sp³-hybridized carbons (Fsp3) is 0.303. The molecule has 0 heterocycles. The van der Waals surface area contributed by atoms with E-state index in [2.05, 4.69) is 0 Å². The molecule has 0 spiro atoms. The Hall–Kier alpha value is -3.79. The summed E-state index contributed by atoms with van der Waals surface area (Å²) in [5, 5.41) is 0. The van der Waals surface area contributed by atoms with Crippen LogP contribution in [0.2, 0.25) is 0 Å². The standard InChI is InChI=1S/C33H36O4/c1-23(2)21-22-27(32(36)37-33(3,4)5)28(24-15-9-6-10-16-24)29(30(34)25-17-11-7-12-18-25)31(35)26-19-13-8-14-20-26/h6-21,27-29H,22H2,1-5H3/t27-,28-/m1/s1. The number of carbonyl (C=O) groups excluding carboxylic acids is 3. The normalized spacial score (nSPS) is 12.9. The number of allylic oxidation sites excluding steroid dienone is 2. The molecule has 0 aliphatic heterocycles. The molecule has 0 aromatic heterocycles. The first kappa shape index (κ1) is 27.8. The average Bonchev–Trinajstić information content (AvgIpc) is 2.88. The average molecular weight is 497 g/mol. The highest BCUT2D eigenvalue weighted by atomic mass is 16.6. The molecule has 3 rings (SSSR count). The fourth-order valence-corrected chi connectivity index (χ4v) is 4.47. The first-order chi connectivity index (χ1) is 17.6. The van der Waals surface area contributed by atoms with Crippen molar-refractivity contribution in [2.75, 3.05) is 0 Å². The molecular weight excluding hydrogens is 460 g/mol. The number of hydrogen-bond acceptors (Lipinski definition) is 4. The number of hydrogen-bond donors (Lipinski definition) is 0. The van der Waals surface area contributed by atoms with E-state index in [1.807, 2.05) is 83.2 Å². The SMILES string of the molecule is CC(C)=CC[C@@H](C(=O)OC(C)(C)C)[C@@H](c1ccccc1)C(C(=O)c1ccccc1)C(=O)c1ccccc1. The second-order valence-electron chi connectivity index (χ2n) is 10.5. The summed E-state index contributed by atoms with van der Waals surface area (Å²) in [5.74, 6) is -3.64. The monoisotopic (exact) mass is 496 g/mol. The molecule has 0 fully saturated rings. The summed E-state index contributed by atoms with van der Waals surface area (Å²) in [6, 6.07) is 27.0. The Bertz CT molecular complexity index is 1170. The number of Topliss-reactive ketones (excluding diaryl/α,β-unsaturated/α-hetero) is 2. The van der Waals surface area contributed by atoms with Gasteiger partial charge < -0.3 is 4.74 Å². The maximum absolute atomic E-state index is 14.1. The molecule has 0 bridgehead atoms. The van der Waals surface area contributed by atoms with E-state index in [0.29, 0.717) is 17.5 Å². The molecule has 0 unspecified atom stereocenters. The second kappa shape index (κ2) is 12.4. The van der Waals surface area contributed by atoms with Crippen molar-refractivity contribution >= 4 is 17.5 Å². The molecule has 0 radical (unpaired) electrons.